The summed E-state index contributed by atoms with van der Waals surface area (Å²) in [5.41, 5.74) is 1.83. The first-order valence-corrected chi connectivity index (χ1v) is 10.0. The van der Waals surface area contributed by atoms with Gasteiger partial charge < -0.3 is 14.8 Å². The van der Waals surface area contributed by atoms with E-state index in [1.165, 1.54) is 5.56 Å². The normalized spacial score (nSPS) is 15.4. The van der Waals surface area contributed by atoms with Gasteiger partial charge in [-0.25, -0.2) is 0 Å². The molecule has 2 aromatic rings. The highest BCUT2D eigenvalue weighted by atomic mass is 35.5. The van der Waals surface area contributed by atoms with Crippen molar-refractivity contribution in [1.82, 2.24) is 10.2 Å². The van der Waals surface area contributed by atoms with Crippen molar-refractivity contribution in [3.63, 3.8) is 0 Å². The number of para-hydroxylation sites is 1. The van der Waals surface area contributed by atoms with Crippen LogP contribution < -0.4 is 10.1 Å². The number of hydrogen-bond acceptors (Lipinski definition) is 4. The molecule has 1 saturated heterocycles. The molecular weight excluding hydrogens is 376 g/mol. The zero-order chi connectivity index (χ0) is 19.8. The van der Waals surface area contributed by atoms with Crippen LogP contribution in [0.2, 0.25) is 5.02 Å². The molecule has 6 heteroatoms. The van der Waals surface area contributed by atoms with Gasteiger partial charge in [-0.3, -0.25) is 9.69 Å². The molecule has 1 aliphatic rings. The van der Waals surface area contributed by atoms with Crippen molar-refractivity contribution >= 4 is 17.5 Å². The maximum absolute atomic E-state index is 12.7. The fraction of sp³-hybridized carbons (Fsp3) is 0.409. The number of likely N-dealkylation sites (tertiary alicyclic amines) is 1. The van der Waals surface area contributed by atoms with E-state index >= 15 is 0 Å². The first-order valence-electron chi connectivity index (χ1n) is 9.64. The third-order valence-electron chi connectivity index (χ3n) is 4.92. The number of halogens is 1. The summed E-state index contributed by atoms with van der Waals surface area (Å²) in [6.07, 6.45) is 1.87. The number of methoxy groups -OCH3 is 1. The summed E-state index contributed by atoms with van der Waals surface area (Å²) in [6, 6.07) is 15.5. The van der Waals surface area contributed by atoms with Gasteiger partial charge in [0.05, 0.1) is 12.2 Å². The highest BCUT2D eigenvalue weighted by molar-refractivity contribution is 6.30. The number of piperidine rings is 1. The van der Waals surface area contributed by atoms with Crippen LogP contribution in [0.25, 0.3) is 0 Å². The molecule has 0 aromatic heterocycles. The minimum absolute atomic E-state index is 0.0795. The third-order valence-corrected chi connectivity index (χ3v) is 5.17. The lowest BCUT2D eigenvalue weighted by molar-refractivity contribution is 0.0901. The summed E-state index contributed by atoms with van der Waals surface area (Å²) in [7, 11) is 1.63. The molecule has 1 heterocycles. The van der Waals surface area contributed by atoms with Gasteiger partial charge >= 0.3 is 0 Å². The third kappa shape index (κ3) is 5.96. The number of benzene rings is 2. The van der Waals surface area contributed by atoms with Gasteiger partial charge in [0.15, 0.2) is 0 Å². The van der Waals surface area contributed by atoms with E-state index in [1.54, 1.807) is 13.2 Å². The maximum atomic E-state index is 12.7. The summed E-state index contributed by atoms with van der Waals surface area (Å²) in [5, 5.41) is 3.92. The molecule has 1 N–H and O–H groups in total. The average Bonchev–Trinajstić information content (AvgIpc) is 2.72. The van der Waals surface area contributed by atoms with E-state index in [0.717, 1.165) is 37.5 Å². The van der Waals surface area contributed by atoms with Crippen molar-refractivity contribution in [2.75, 3.05) is 33.4 Å². The van der Waals surface area contributed by atoms with E-state index in [9.17, 15) is 4.79 Å². The zero-order valence-electron chi connectivity index (χ0n) is 16.2. The predicted molar refractivity (Wildman–Crippen MR) is 111 cm³/mol. The molecule has 0 spiro atoms. The Bertz CT molecular complexity index is 759. The van der Waals surface area contributed by atoms with Gasteiger partial charge in [-0.15, -0.1) is 0 Å². The number of rotatable bonds is 8. The van der Waals surface area contributed by atoms with Crippen LogP contribution in [-0.4, -0.2) is 50.3 Å². The van der Waals surface area contributed by atoms with Gasteiger partial charge in [0.1, 0.15) is 12.4 Å². The highest BCUT2D eigenvalue weighted by Crippen LogP contribution is 2.20. The zero-order valence-corrected chi connectivity index (χ0v) is 17.0. The molecule has 0 aliphatic carbocycles. The molecule has 1 amide bonds. The monoisotopic (exact) mass is 402 g/mol. The van der Waals surface area contributed by atoms with E-state index in [1.807, 2.05) is 30.3 Å². The Kier molecular flexibility index (Phi) is 7.71. The fourth-order valence-electron chi connectivity index (χ4n) is 3.36. The van der Waals surface area contributed by atoms with Gasteiger partial charge in [0.2, 0.25) is 0 Å². The molecule has 2 aromatic carbocycles. The Labute approximate surface area is 171 Å². The van der Waals surface area contributed by atoms with Crippen molar-refractivity contribution in [2.24, 2.45) is 0 Å². The fourth-order valence-corrected chi connectivity index (χ4v) is 3.49. The summed E-state index contributed by atoms with van der Waals surface area (Å²) >= 11 is 5.95. The van der Waals surface area contributed by atoms with E-state index < -0.39 is 0 Å². The summed E-state index contributed by atoms with van der Waals surface area (Å²) in [6.45, 7) is 3.74. The number of hydrogen-bond donors (Lipinski definition) is 1. The quantitative estimate of drug-likeness (QED) is 0.683. The Morgan fingerprint density at radius 1 is 1.11 bits per heavy atom. The molecular formula is C22H27ClN2O3. The van der Waals surface area contributed by atoms with Crippen LogP contribution in [0.5, 0.6) is 5.75 Å². The minimum atomic E-state index is -0.0795. The molecule has 1 aliphatic heterocycles. The van der Waals surface area contributed by atoms with Crippen LogP contribution >= 0.6 is 11.6 Å². The smallest absolute Gasteiger partial charge is 0.255 e. The van der Waals surface area contributed by atoms with Crippen LogP contribution in [0, 0.1) is 0 Å². The molecule has 3 rings (SSSR count). The molecule has 0 unspecified atom stereocenters. The molecule has 150 valence electrons. The Balaban J connectivity index is 1.49. The van der Waals surface area contributed by atoms with Gasteiger partial charge in [0, 0.05) is 37.8 Å². The average molecular weight is 403 g/mol. The predicted octanol–water partition coefficient (Wildman–Crippen LogP) is 3.76. The van der Waals surface area contributed by atoms with Crippen molar-refractivity contribution < 1.29 is 14.3 Å². The molecule has 0 radical (unpaired) electrons. The topological polar surface area (TPSA) is 50.8 Å². The summed E-state index contributed by atoms with van der Waals surface area (Å²) in [4.78, 5) is 15.1. The van der Waals surface area contributed by atoms with Crippen LogP contribution in [0.3, 0.4) is 0 Å². The molecule has 1 fully saturated rings. The lowest BCUT2D eigenvalue weighted by Crippen LogP contribution is -2.44. The Hall–Kier alpha value is -2.08. The maximum Gasteiger partial charge on any atom is 0.255 e. The Morgan fingerprint density at radius 3 is 2.54 bits per heavy atom. The Morgan fingerprint density at radius 2 is 1.82 bits per heavy atom. The lowest BCUT2D eigenvalue weighted by Gasteiger charge is -2.32. The minimum Gasteiger partial charge on any atom is -0.490 e. The molecule has 0 atom stereocenters. The highest BCUT2D eigenvalue weighted by Gasteiger charge is 2.22. The second-order valence-electron chi connectivity index (χ2n) is 6.99. The van der Waals surface area contributed by atoms with Crippen LogP contribution in [0.4, 0.5) is 0 Å². The number of nitrogens with zero attached hydrogens (tertiary/aromatic N) is 1. The number of carbonyl (C=O) groups is 1. The van der Waals surface area contributed by atoms with Crippen molar-refractivity contribution in [3.8, 4) is 5.75 Å². The molecule has 0 saturated carbocycles. The van der Waals surface area contributed by atoms with E-state index in [2.05, 4.69) is 22.3 Å². The van der Waals surface area contributed by atoms with E-state index in [4.69, 9.17) is 21.1 Å². The number of amides is 1. The molecule has 0 bridgehead atoms. The van der Waals surface area contributed by atoms with Crippen molar-refractivity contribution in [2.45, 2.75) is 25.4 Å². The van der Waals surface area contributed by atoms with Gasteiger partial charge in [-0.2, -0.15) is 0 Å². The second kappa shape index (κ2) is 10.5. The largest absolute Gasteiger partial charge is 0.490 e. The van der Waals surface area contributed by atoms with Gasteiger partial charge in [-0.05, 0) is 42.7 Å². The van der Waals surface area contributed by atoms with Gasteiger partial charge in [-0.1, -0.05) is 35.9 Å². The molecule has 5 nitrogen and oxygen atoms in total. The van der Waals surface area contributed by atoms with Gasteiger partial charge in [0.25, 0.3) is 5.91 Å². The standard InChI is InChI=1S/C22H27ClN2O3/c1-27-14-15-28-21-5-3-2-4-20(21)22(26)24-19-10-12-25(13-11-19)16-17-6-8-18(23)9-7-17/h2-9,19H,10-16H2,1H3,(H,24,26). The van der Waals surface area contributed by atoms with Crippen LogP contribution in [0.15, 0.2) is 48.5 Å². The summed E-state index contributed by atoms with van der Waals surface area (Å²) in [5.74, 6) is 0.515. The van der Waals surface area contributed by atoms with Crippen molar-refractivity contribution in [3.05, 3.63) is 64.7 Å². The summed E-state index contributed by atoms with van der Waals surface area (Å²) < 4.78 is 10.7. The van der Waals surface area contributed by atoms with Crippen LogP contribution in [-0.2, 0) is 11.3 Å². The van der Waals surface area contributed by atoms with E-state index in [0.29, 0.717) is 24.5 Å². The number of carbonyl (C=O) groups excluding carboxylic acids is 1. The first-order chi connectivity index (χ1) is 13.7. The van der Waals surface area contributed by atoms with Crippen LogP contribution in [0.1, 0.15) is 28.8 Å². The number of nitrogens with one attached hydrogen (secondary N) is 1. The molecule has 28 heavy (non-hydrogen) atoms. The second-order valence-corrected chi connectivity index (χ2v) is 7.42. The lowest BCUT2D eigenvalue weighted by atomic mass is 10.0. The number of ether oxygens (including phenoxy) is 2. The first kappa shape index (κ1) is 20.6. The SMILES string of the molecule is COCCOc1ccccc1C(=O)NC1CCN(Cc2ccc(Cl)cc2)CC1. The van der Waals surface area contributed by atoms with E-state index in [-0.39, 0.29) is 11.9 Å². The van der Waals surface area contributed by atoms with Crippen molar-refractivity contribution in [1.29, 1.82) is 0 Å².